The van der Waals surface area contributed by atoms with Gasteiger partial charge in [-0.1, -0.05) is 40.9 Å². The molecule has 25 heavy (non-hydrogen) atoms. The van der Waals surface area contributed by atoms with Gasteiger partial charge in [0.1, 0.15) is 10.8 Å². The smallest absolute Gasteiger partial charge is 0.299 e. The molecule has 0 unspecified atom stereocenters. The fraction of sp³-hybridized carbons (Fsp3) is 0.263. The third kappa shape index (κ3) is 3.65. The van der Waals surface area contributed by atoms with Crippen molar-refractivity contribution in [2.24, 2.45) is 0 Å². The van der Waals surface area contributed by atoms with Crippen LogP contribution >= 0.6 is 23.2 Å². The molecule has 130 valence electrons. The number of carbonyl (C=O) groups is 2. The van der Waals surface area contributed by atoms with Gasteiger partial charge in [-0.25, -0.2) is 0 Å². The second-order valence-electron chi connectivity index (χ2n) is 5.91. The van der Waals surface area contributed by atoms with Crippen molar-refractivity contribution in [2.45, 2.75) is 19.8 Å². The number of aryl methyl sites for hydroxylation is 1. The Labute approximate surface area is 156 Å². The predicted octanol–water partition coefficient (Wildman–Crippen LogP) is 4.69. The van der Waals surface area contributed by atoms with E-state index in [-0.39, 0.29) is 0 Å². The number of Topliss-reactive ketones (excluding diaryl/α,β-unsaturated/α-hetero) is 1. The summed E-state index contributed by atoms with van der Waals surface area (Å²) in [6.45, 7) is 2.84. The zero-order chi connectivity index (χ0) is 18.0. The maximum atomic E-state index is 12.2. The number of rotatable bonds is 6. The Bertz CT molecular complexity index is 835. The first-order valence-corrected chi connectivity index (χ1v) is 8.78. The number of halogens is 2. The van der Waals surface area contributed by atoms with Crippen molar-refractivity contribution in [2.75, 3.05) is 18.1 Å². The molecule has 0 N–H and O–H groups in total. The molecule has 0 aliphatic carbocycles. The molecule has 1 heterocycles. The third-order valence-corrected chi connectivity index (χ3v) is 4.88. The van der Waals surface area contributed by atoms with Crippen LogP contribution in [0.5, 0.6) is 5.75 Å². The Kier molecular flexibility index (Phi) is 5.30. The van der Waals surface area contributed by atoms with E-state index in [1.54, 1.807) is 29.2 Å². The van der Waals surface area contributed by atoms with Gasteiger partial charge in [0.2, 0.25) is 0 Å². The Morgan fingerprint density at radius 3 is 2.68 bits per heavy atom. The van der Waals surface area contributed by atoms with E-state index in [1.165, 1.54) is 0 Å². The Balaban J connectivity index is 1.54. The van der Waals surface area contributed by atoms with Gasteiger partial charge in [0.25, 0.3) is 11.7 Å². The van der Waals surface area contributed by atoms with Crippen LogP contribution in [0.1, 0.15) is 28.8 Å². The summed E-state index contributed by atoms with van der Waals surface area (Å²) >= 11 is 12.0. The van der Waals surface area contributed by atoms with E-state index in [0.29, 0.717) is 46.6 Å². The fourth-order valence-corrected chi connectivity index (χ4v) is 3.13. The number of hydrogen-bond donors (Lipinski definition) is 0. The molecule has 0 bridgehead atoms. The summed E-state index contributed by atoms with van der Waals surface area (Å²) in [7, 11) is 0. The van der Waals surface area contributed by atoms with Gasteiger partial charge in [-0.2, -0.15) is 0 Å². The number of nitrogens with zero attached hydrogens (tertiary/aromatic N) is 1. The van der Waals surface area contributed by atoms with Crippen molar-refractivity contribution in [1.82, 2.24) is 0 Å². The van der Waals surface area contributed by atoms with Crippen molar-refractivity contribution >= 4 is 40.6 Å². The van der Waals surface area contributed by atoms with Gasteiger partial charge >= 0.3 is 0 Å². The molecule has 2 aromatic carbocycles. The number of ether oxygens (including phenoxy) is 1. The number of ketones is 1. The molecular formula is C19H17Cl2NO3. The molecule has 0 aromatic heterocycles. The van der Waals surface area contributed by atoms with Gasteiger partial charge < -0.3 is 9.64 Å². The minimum absolute atomic E-state index is 0.397. The molecular weight excluding hydrogens is 361 g/mol. The molecule has 1 amide bonds. The van der Waals surface area contributed by atoms with E-state index >= 15 is 0 Å². The van der Waals surface area contributed by atoms with E-state index in [9.17, 15) is 9.59 Å². The molecule has 0 saturated carbocycles. The second-order valence-corrected chi connectivity index (χ2v) is 6.70. The zero-order valence-electron chi connectivity index (χ0n) is 13.7. The van der Waals surface area contributed by atoms with Gasteiger partial charge in [-0.3, -0.25) is 9.59 Å². The molecule has 2 aromatic rings. The molecule has 0 fully saturated rings. The highest BCUT2D eigenvalue weighted by molar-refractivity contribution is 6.52. The van der Waals surface area contributed by atoms with E-state index in [1.807, 2.05) is 19.1 Å². The fourth-order valence-electron chi connectivity index (χ4n) is 2.79. The monoisotopic (exact) mass is 377 g/mol. The van der Waals surface area contributed by atoms with Crippen LogP contribution in [0.3, 0.4) is 0 Å². The van der Waals surface area contributed by atoms with Crippen LogP contribution < -0.4 is 9.64 Å². The molecule has 0 saturated heterocycles. The number of anilines is 1. The average Bonchev–Trinajstić information content (AvgIpc) is 2.82. The van der Waals surface area contributed by atoms with Gasteiger partial charge in [0.15, 0.2) is 0 Å². The molecule has 3 rings (SSSR count). The summed E-state index contributed by atoms with van der Waals surface area (Å²) in [4.78, 5) is 25.8. The molecule has 0 radical (unpaired) electrons. The minimum atomic E-state index is -0.459. The van der Waals surface area contributed by atoms with Crippen molar-refractivity contribution in [3.8, 4) is 5.75 Å². The van der Waals surface area contributed by atoms with Crippen molar-refractivity contribution < 1.29 is 14.3 Å². The Hall–Kier alpha value is -2.04. The van der Waals surface area contributed by atoms with Crippen LogP contribution in [0.2, 0.25) is 10.0 Å². The highest BCUT2D eigenvalue weighted by atomic mass is 35.5. The zero-order valence-corrected chi connectivity index (χ0v) is 15.2. The van der Waals surface area contributed by atoms with E-state index in [4.69, 9.17) is 27.9 Å². The summed E-state index contributed by atoms with van der Waals surface area (Å²) in [5.74, 6) is -0.345. The summed E-state index contributed by atoms with van der Waals surface area (Å²) < 4.78 is 5.63. The number of fused-ring (bicyclic) bond motifs is 1. The van der Waals surface area contributed by atoms with Crippen LogP contribution in [0.4, 0.5) is 5.69 Å². The highest BCUT2D eigenvalue weighted by Crippen LogP contribution is 2.32. The van der Waals surface area contributed by atoms with Crippen LogP contribution in [0.25, 0.3) is 0 Å². The summed E-state index contributed by atoms with van der Waals surface area (Å²) in [5, 5.41) is 0.848. The largest absolute Gasteiger partial charge is 0.492 e. The quantitative estimate of drug-likeness (QED) is 0.541. The first-order chi connectivity index (χ1) is 12.0. The van der Waals surface area contributed by atoms with Gasteiger partial charge in [0, 0.05) is 6.54 Å². The first-order valence-electron chi connectivity index (χ1n) is 8.02. The summed E-state index contributed by atoms with van der Waals surface area (Å²) in [6.07, 6.45) is 1.44. The predicted molar refractivity (Wildman–Crippen MR) is 99.1 cm³/mol. The maximum Gasteiger partial charge on any atom is 0.299 e. The number of benzene rings is 2. The summed E-state index contributed by atoms with van der Waals surface area (Å²) in [5.41, 5.74) is 2.15. The van der Waals surface area contributed by atoms with Crippen molar-refractivity contribution in [3.05, 3.63) is 57.6 Å². The SMILES string of the molecule is Cc1ccc2c(c1)C(=O)C(=O)N2CCCCOc1cccc(Cl)c1Cl. The molecule has 0 spiro atoms. The Morgan fingerprint density at radius 1 is 1.08 bits per heavy atom. The molecule has 1 aliphatic rings. The van der Waals surface area contributed by atoms with E-state index in [0.717, 1.165) is 12.0 Å². The average molecular weight is 378 g/mol. The number of unbranched alkanes of at least 4 members (excludes halogenated alkanes) is 1. The lowest BCUT2D eigenvalue weighted by molar-refractivity contribution is -0.114. The van der Waals surface area contributed by atoms with E-state index in [2.05, 4.69) is 0 Å². The molecule has 1 aliphatic heterocycles. The van der Waals surface area contributed by atoms with Crippen LogP contribution in [-0.2, 0) is 4.79 Å². The minimum Gasteiger partial charge on any atom is -0.492 e. The van der Waals surface area contributed by atoms with Gasteiger partial charge in [-0.15, -0.1) is 0 Å². The van der Waals surface area contributed by atoms with Crippen LogP contribution in [-0.4, -0.2) is 24.8 Å². The Morgan fingerprint density at radius 2 is 1.88 bits per heavy atom. The lowest BCUT2D eigenvalue weighted by atomic mass is 10.1. The van der Waals surface area contributed by atoms with Crippen LogP contribution in [0, 0.1) is 6.92 Å². The lowest BCUT2D eigenvalue weighted by Crippen LogP contribution is -2.30. The standard InChI is InChI=1S/C19H17Cl2NO3/c1-12-7-8-15-13(11-12)18(23)19(24)22(15)9-2-3-10-25-16-6-4-5-14(20)17(16)21/h4-8,11H,2-3,9-10H2,1H3. The van der Waals surface area contributed by atoms with Gasteiger partial charge in [-0.05, 0) is 44.0 Å². The third-order valence-electron chi connectivity index (χ3n) is 4.08. The second kappa shape index (κ2) is 7.46. The normalized spacial score (nSPS) is 13.3. The summed E-state index contributed by atoms with van der Waals surface area (Å²) in [6, 6.07) is 10.7. The molecule has 4 nitrogen and oxygen atoms in total. The topological polar surface area (TPSA) is 46.6 Å². The lowest BCUT2D eigenvalue weighted by Gasteiger charge is -2.16. The van der Waals surface area contributed by atoms with Gasteiger partial charge in [0.05, 0.1) is 22.9 Å². The highest BCUT2D eigenvalue weighted by Gasteiger charge is 2.35. The van der Waals surface area contributed by atoms with Crippen molar-refractivity contribution in [1.29, 1.82) is 0 Å². The molecule has 0 atom stereocenters. The number of amides is 1. The molecule has 6 heteroatoms. The number of carbonyl (C=O) groups excluding carboxylic acids is 2. The van der Waals surface area contributed by atoms with Crippen molar-refractivity contribution in [3.63, 3.8) is 0 Å². The first kappa shape index (κ1) is 17.8. The van der Waals surface area contributed by atoms with Crippen LogP contribution in [0.15, 0.2) is 36.4 Å². The number of hydrogen-bond acceptors (Lipinski definition) is 3. The van der Waals surface area contributed by atoms with E-state index < -0.39 is 11.7 Å². The maximum absolute atomic E-state index is 12.2.